The maximum atomic E-state index is 13.8. The van der Waals surface area contributed by atoms with Crippen LogP contribution in [-0.4, -0.2) is 42.0 Å². The summed E-state index contributed by atoms with van der Waals surface area (Å²) in [6.07, 6.45) is -9.82. The van der Waals surface area contributed by atoms with Gasteiger partial charge in [0.25, 0.3) is 5.91 Å². The van der Waals surface area contributed by atoms with E-state index < -0.39 is 54.1 Å². The van der Waals surface area contributed by atoms with Gasteiger partial charge >= 0.3 is 36.1 Å². The SMILES string of the molecule is Cc1ccc(Oc2ccc(NC(=O)c3cc(COc4ccc(C5N=C(C(F)(F)F)OC5=O)cc4)ccc3COc3ccc(C4N=C(C(F)(F)F)OC4=O)cc3)cc2)cc1. The highest BCUT2D eigenvalue weighted by Crippen LogP contribution is 2.34. The Morgan fingerprint density at radius 2 is 1.08 bits per heavy atom. The van der Waals surface area contributed by atoms with Gasteiger partial charge in [0.2, 0.25) is 0 Å². The molecule has 302 valence electrons. The van der Waals surface area contributed by atoms with Crippen molar-refractivity contribution in [2.24, 2.45) is 9.98 Å². The van der Waals surface area contributed by atoms with E-state index in [0.717, 1.165) is 5.56 Å². The van der Waals surface area contributed by atoms with Gasteiger partial charge in [-0.05, 0) is 90.3 Å². The molecule has 0 radical (unpaired) electrons. The van der Waals surface area contributed by atoms with Crippen LogP contribution in [0.25, 0.3) is 0 Å². The van der Waals surface area contributed by atoms with Gasteiger partial charge in [0.15, 0.2) is 12.1 Å². The van der Waals surface area contributed by atoms with Crippen LogP contribution in [0.1, 0.15) is 50.3 Å². The van der Waals surface area contributed by atoms with E-state index in [1.165, 1.54) is 48.5 Å². The summed E-state index contributed by atoms with van der Waals surface area (Å²) in [5.74, 6) is -4.29. The van der Waals surface area contributed by atoms with Crippen LogP contribution in [0, 0.1) is 6.92 Å². The first-order valence-electron chi connectivity index (χ1n) is 17.6. The third kappa shape index (κ3) is 9.69. The van der Waals surface area contributed by atoms with Gasteiger partial charge in [-0.2, -0.15) is 26.3 Å². The number of nitrogens with one attached hydrogen (secondary N) is 1. The fraction of sp³-hybridized carbons (Fsp3) is 0.167. The maximum Gasteiger partial charge on any atom is 0.468 e. The summed E-state index contributed by atoms with van der Waals surface area (Å²) in [6, 6.07) is 27.5. The van der Waals surface area contributed by atoms with Crippen molar-refractivity contribution in [1.29, 1.82) is 0 Å². The third-order valence-electron chi connectivity index (χ3n) is 8.80. The summed E-state index contributed by atoms with van der Waals surface area (Å²) in [5.41, 5.74) is 3.05. The number of hydrogen-bond acceptors (Lipinski definition) is 10. The molecule has 2 unspecified atom stereocenters. The van der Waals surface area contributed by atoms with Crippen LogP contribution in [0.4, 0.5) is 32.0 Å². The van der Waals surface area contributed by atoms with Crippen LogP contribution in [0.5, 0.6) is 23.0 Å². The first-order chi connectivity index (χ1) is 28.1. The lowest BCUT2D eigenvalue weighted by atomic mass is 10.0. The molecule has 0 bridgehead atoms. The molecule has 7 rings (SSSR count). The molecule has 0 fully saturated rings. The van der Waals surface area contributed by atoms with E-state index >= 15 is 0 Å². The average molecular weight is 818 g/mol. The monoisotopic (exact) mass is 817 g/mol. The summed E-state index contributed by atoms with van der Waals surface area (Å²) >= 11 is 0. The Bertz CT molecular complexity index is 2430. The second-order valence-electron chi connectivity index (χ2n) is 13.1. The van der Waals surface area contributed by atoms with E-state index in [1.807, 2.05) is 31.2 Å². The van der Waals surface area contributed by atoms with Crippen LogP contribution in [0.15, 0.2) is 125 Å². The second-order valence-corrected chi connectivity index (χ2v) is 13.1. The number of benzene rings is 5. The molecule has 0 aromatic heterocycles. The highest BCUT2D eigenvalue weighted by Gasteiger charge is 2.47. The van der Waals surface area contributed by atoms with Crippen molar-refractivity contribution in [2.45, 2.75) is 44.6 Å². The van der Waals surface area contributed by atoms with Crippen LogP contribution < -0.4 is 19.5 Å². The lowest BCUT2D eigenvalue weighted by Gasteiger charge is -2.15. The first-order valence-corrected chi connectivity index (χ1v) is 17.6. The number of hydrogen-bond donors (Lipinski definition) is 1. The molecule has 2 aliphatic heterocycles. The smallest absolute Gasteiger partial charge is 0.468 e. The number of amides is 1. The van der Waals surface area contributed by atoms with E-state index in [9.17, 15) is 40.7 Å². The van der Waals surface area contributed by atoms with Gasteiger partial charge in [-0.1, -0.05) is 54.1 Å². The van der Waals surface area contributed by atoms with Crippen molar-refractivity contribution in [3.8, 4) is 23.0 Å². The number of carbonyl (C=O) groups is 3. The van der Waals surface area contributed by atoms with Crippen molar-refractivity contribution in [2.75, 3.05) is 5.32 Å². The number of alkyl halides is 6. The van der Waals surface area contributed by atoms with Crippen molar-refractivity contribution >= 4 is 35.3 Å². The van der Waals surface area contributed by atoms with Gasteiger partial charge in [-0.15, -0.1) is 0 Å². The fourth-order valence-corrected chi connectivity index (χ4v) is 5.80. The number of ether oxygens (including phenoxy) is 5. The molecule has 1 N–H and O–H groups in total. The maximum absolute atomic E-state index is 13.8. The average Bonchev–Trinajstić information content (AvgIpc) is 3.81. The molecule has 59 heavy (non-hydrogen) atoms. The number of aryl methyl sites for hydroxylation is 1. The standard InChI is InChI=1S/C42H29F6N3O8/c1-23-2-12-31(13-3-23)57-32-18-10-28(11-19-32)49-36(52)33-20-24(21-55-29-14-6-25(7-15-29)34-37(53)58-39(50-34)41(43,44)45)4-5-27(33)22-56-30-16-8-26(9-17-30)35-38(54)59-40(51-35)42(46,47)48/h2-20,34-35H,21-22H2,1H3,(H,49,52). The van der Waals surface area contributed by atoms with Crippen LogP contribution in [0.3, 0.4) is 0 Å². The highest BCUT2D eigenvalue weighted by atomic mass is 19.4. The van der Waals surface area contributed by atoms with Crippen molar-refractivity contribution in [3.05, 3.63) is 149 Å². The van der Waals surface area contributed by atoms with E-state index in [4.69, 9.17) is 14.2 Å². The molecule has 0 aliphatic carbocycles. The summed E-state index contributed by atoms with van der Waals surface area (Å²) in [4.78, 5) is 44.6. The molecule has 2 atom stereocenters. The molecule has 0 saturated carbocycles. The number of rotatable bonds is 12. The van der Waals surface area contributed by atoms with E-state index in [0.29, 0.717) is 34.1 Å². The predicted octanol–water partition coefficient (Wildman–Crippen LogP) is 9.32. The number of carbonyl (C=O) groups excluding carboxylic acids is 3. The third-order valence-corrected chi connectivity index (χ3v) is 8.80. The predicted molar refractivity (Wildman–Crippen MR) is 198 cm³/mol. The zero-order valence-corrected chi connectivity index (χ0v) is 30.5. The molecule has 11 nitrogen and oxygen atoms in total. The Labute approximate surface area is 330 Å². The van der Waals surface area contributed by atoms with Crippen LogP contribution in [0.2, 0.25) is 0 Å². The number of anilines is 1. The summed E-state index contributed by atoms with van der Waals surface area (Å²) in [7, 11) is 0. The van der Waals surface area contributed by atoms with Crippen LogP contribution in [-0.2, 0) is 32.3 Å². The quantitative estimate of drug-likeness (QED) is 0.0973. The Balaban J connectivity index is 1.06. The van der Waals surface area contributed by atoms with Crippen molar-refractivity contribution in [1.82, 2.24) is 0 Å². The first kappa shape index (κ1) is 40.0. The minimum atomic E-state index is -4.91. The minimum Gasteiger partial charge on any atom is -0.489 e. The van der Waals surface area contributed by atoms with E-state index in [-0.39, 0.29) is 35.7 Å². The molecule has 5 aromatic carbocycles. The lowest BCUT2D eigenvalue weighted by Crippen LogP contribution is -2.23. The number of halogens is 6. The highest BCUT2D eigenvalue weighted by molar-refractivity contribution is 6.05. The second kappa shape index (κ2) is 16.4. The Morgan fingerprint density at radius 1 is 0.627 bits per heavy atom. The van der Waals surface area contributed by atoms with Crippen LogP contribution >= 0.6 is 0 Å². The van der Waals surface area contributed by atoms with E-state index in [2.05, 4.69) is 24.8 Å². The molecule has 17 heteroatoms. The molecule has 5 aromatic rings. The summed E-state index contributed by atoms with van der Waals surface area (Å²) in [6.45, 7) is 1.79. The summed E-state index contributed by atoms with van der Waals surface area (Å²) < 4.78 is 104. The van der Waals surface area contributed by atoms with Crippen molar-refractivity contribution in [3.63, 3.8) is 0 Å². The zero-order chi connectivity index (χ0) is 41.9. The molecule has 2 heterocycles. The molecular formula is C42H29F6N3O8. The van der Waals surface area contributed by atoms with Gasteiger partial charge in [0.05, 0.1) is 0 Å². The largest absolute Gasteiger partial charge is 0.489 e. The number of nitrogens with zero attached hydrogens (tertiary/aromatic N) is 2. The molecular weight excluding hydrogens is 788 g/mol. The van der Waals surface area contributed by atoms with Gasteiger partial charge in [-0.25, -0.2) is 19.6 Å². The van der Waals surface area contributed by atoms with Gasteiger partial charge in [0.1, 0.15) is 36.2 Å². The molecule has 2 aliphatic rings. The topological polar surface area (TPSA) is 134 Å². The lowest BCUT2D eigenvalue weighted by molar-refractivity contribution is -0.139. The Hall–Kier alpha value is -7.17. The molecule has 0 spiro atoms. The van der Waals surface area contributed by atoms with Gasteiger partial charge in [0, 0.05) is 16.8 Å². The number of aliphatic imine (C=N–C) groups is 2. The zero-order valence-electron chi connectivity index (χ0n) is 30.5. The molecule has 0 saturated heterocycles. The van der Waals surface area contributed by atoms with Gasteiger partial charge in [-0.3, -0.25) is 4.79 Å². The van der Waals surface area contributed by atoms with Gasteiger partial charge < -0.3 is 29.0 Å². The Morgan fingerprint density at radius 3 is 1.56 bits per heavy atom. The summed E-state index contributed by atoms with van der Waals surface area (Å²) in [5, 5.41) is 2.86. The number of esters is 2. The molecule has 1 amide bonds. The normalized spacial score (nSPS) is 16.5. The minimum absolute atomic E-state index is 0.0444. The fourth-order valence-electron chi connectivity index (χ4n) is 5.80. The van der Waals surface area contributed by atoms with Crippen molar-refractivity contribution < 1.29 is 64.4 Å². The van der Waals surface area contributed by atoms with E-state index in [1.54, 1.807) is 42.5 Å². The Kier molecular flexibility index (Phi) is 11.1. The number of cyclic esters (lactones) is 2.